The summed E-state index contributed by atoms with van der Waals surface area (Å²) < 4.78 is 11.1. The zero-order valence-electron chi connectivity index (χ0n) is 14.3. The van der Waals surface area contributed by atoms with Gasteiger partial charge in [0.25, 0.3) is 5.91 Å². The lowest BCUT2D eigenvalue weighted by Crippen LogP contribution is -2.50. The molecule has 2 heterocycles. The number of carbonyl (C=O) groups excluding carboxylic acids is 2. The zero-order valence-corrected chi connectivity index (χ0v) is 14.3. The Balaban J connectivity index is 1.68. The molecular weight excluding hydrogens is 308 g/mol. The van der Waals surface area contributed by atoms with E-state index in [2.05, 4.69) is 0 Å². The van der Waals surface area contributed by atoms with Gasteiger partial charge in [-0.05, 0) is 31.0 Å². The fourth-order valence-electron chi connectivity index (χ4n) is 3.12. The van der Waals surface area contributed by atoms with Gasteiger partial charge in [-0.25, -0.2) is 0 Å². The van der Waals surface area contributed by atoms with E-state index in [-0.39, 0.29) is 11.8 Å². The van der Waals surface area contributed by atoms with Crippen LogP contribution in [0.4, 0.5) is 0 Å². The third kappa shape index (κ3) is 3.32. The van der Waals surface area contributed by atoms with Crippen molar-refractivity contribution in [2.75, 3.05) is 39.4 Å². The second-order valence-electron chi connectivity index (χ2n) is 6.23. The van der Waals surface area contributed by atoms with E-state index in [1.54, 1.807) is 6.07 Å². The van der Waals surface area contributed by atoms with Gasteiger partial charge in [0.05, 0.1) is 0 Å². The van der Waals surface area contributed by atoms with Crippen LogP contribution in [0.2, 0.25) is 0 Å². The lowest BCUT2D eigenvalue weighted by Gasteiger charge is -2.35. The Morgan fingerprint density at radius 3 is 2.21 bits per heavy atom. The minimum atomic E-state index is -0.00735. The van der Waals surface area contributed by atoms with Crippen molar-refractivity contribution < 1.29 is 19.1 Å². The maximum Gasteiger partial charge on any atom is 0.254 e. The molecule has 1 saturated heterocycles. The van der Waals surface area contributed by atoms with Crippen LogP contribution in [0.5, 0.6) is 11.5 Å². The van der Waals surface area contributed by atoms with Gasteiger partial charge < -0.3 is 19.3 Å². The highest BCUT2D eigenvalue weighted by Gasteiger charge is 2.26. The topological polar surface area (TPSA) is 59.1 Å². The molecule has 6 heteroatoms. The summed E-state index contributed by atoms with van der Waals surface area (Å²) in [4.78, 5) is 28.5. The van der Waals surface area contributed by atoms with Crippen molar-refractivity contribution in [1.29, 1.82) is 0 Å². The first-order valence-corrected chi connectivity index (χ1v) is 8.57. The number of piperazine rings is 1. The molecule has 1 fully saturated rings. The molecule has 0 spiro atoms. The van der Waals surface area contributed by atoms with Crippen molar-refractivity contribution in [1.82, 2.24) is 9.80 Å². The molecule has 6 nitrogen and oxygen atoms in total. The van der Waals surface area contributed by atoms with Gasteiger partial charge in [0, 0.05) is 38.2 Å². The minimum absolute atomic E-state index is 0.00735. The van der Waals surface area contributed by atoms with E-state index >= 15 is 0 Å². The Bertz CT molecular complexity index is 636. The normalized spacial score (nSPS) is 16.9. The van der Waals surface area contributed by atoms with E-state index in [0.29, 0.717) is 62.9 Å². The Morgan fingerprint density at radius 1 is 1.00 bits per heavy atom. The number of carbonyl (C=O) groups is 2. The van der Waals surface area contributed by atoms with E-state index in [1.165, 1.54) is 0 Å². The highest BCUT2D eigenvalue weighted by molar-refractivity contribution is 5.96. The lowest BCUT2D eigenvalue weighted by atomic mass is 10.1. The van der Waals surface area contributed by atoms with Crippen molar-refractivity contribution in [3.8, 4) is 11.5 Å². The number of rotatable bonds is 3. The Morgan fingerprint density at radius 2 is 1.58 bits per heavy atom. The summed E-state index contributed by atoms with van der Waals surface area (Å²) in [7, 11) is 0. The largest absolute Gasteiger partial charge is 0.486 e. The van der Waals surface area contributed by atoms with Gasteiger partial charge in [-0.2, -0.15) is 0 Å². The molecule has 2 amide bonds. The first-order chi connectivity index (χ1) is 11.6. The van der Waals surface area contributed by atoms with Crippen LogP contribution in [-0.4, -0.2) is 61.0 Å². The van der Waals surface area contributed by atoms with Crippen LogP contribution in [0.25, 0.3) is 0 Å². The first-order valence-electron chi connectivity index (χ1n) is 8.57. The van der Waals surface area contributed by atoms with E-state index in [1.807, 2.05) is 29.7 Å². The zero-order chi connectivity index (χ0) is 17.1. The van der Waals surface area contributed by atoms with E-state index in [9.17, 15) is 9.59 Å². The van der Waals surface area contributed by atoms with E-state index < -0.39 is 0 Å². The Kier molecular flexibility index (Phi) is 4.92. The van der Waals surface area contributed by atoms with Crippen LogP contribution < -0.4 is 9.47 Å². The summed E-state index contributed by atoms with van der Waals surface area (Å²) in [5, 5.41) is 0. The molecule has 0 aromatic heterocycles. The molecule has 130 valence electrons. The van der Waals surface area contributed by atoms with Crippen LogP contribution in [0.3, 0.4) is 0 Å². The second kappa shape index (κ2) is 7.11. The molecule has 2 aliphatic heterocycles. The molecule has 0 radical (unpaired) electrons. The van der Waals surface area contributed by atoms with Crippen molar-refractivity contribution in [2.45, 2.75) is 26.7 Å². The number of benzene rings is 1. The van der Waals surface area contributed by atoms with Gasteiger partial charge in [0.15, 0.2) is 11.5 Å². The highest BCUT2D eigenvalue weighted by atomic mass is 16.6. The third-order valence-electron chi connectivity index (χ3n) is 4.50. The van der Waals surface area contributed by atoms with Gasteiger partial charge in [-0.1, -0.05) is 6.92 Å². The summed E-state index contributed by atoms with van der Waals surface area (Å²) in [5.41, 5.74) is 1.53. The number of ether oxygens (including phenoxy) is 2. The van der Waals surface area contributed by atoms with Crippen molar-refractivity contribution in [3.05, 3.63) is 23.3 Å². The fraction of sp³-hybridized carbons (Fsp3) is 0.556. The number of hydrogen-bond donors (Lipinski definition) is 0. The van der Waals surface area contributed by atoms with E-state index in [4.69, 9.17) is 9.47 Å². The molecule has 2 aliphatic rings. The van der Waals surface area contributed by atoms with Crippen LogP contribution in [0, 0.1) is 6.92 Å². The maximum atomic E-state index is 12.8. The summed E-state index contributed by atoms with van der Waals surface area (Å²) in [6, 6.07) is 3.64. The molecule has 0 atom stereocenters. The van der Waals surface area contributed by atoms with Gasteiger partial charge in [0.2, 0.25) is 5.91 Å². The standard InChI is InChI=1S/C18H24N2O4/c1-3-4-17(21)19-5-7-20(8-6-19)18(22)14-12-16-15(11-13(14)2)23-9-10-24-16/h11-12H,3-10H2,1-2H3. The molecule has 0 N–H and O–H groups in total. The molecule has 24 heavy (non-hydrogen) atoms. The molecule has 0 bridgehead atoms. The maximum absolute atomic E-state index is 12.8. The quantitative estimate of drug-likeness (QED) is 0.848. The van der Waals surface area contributed by atoms with Crippen molar-refractivity contribution >= 4 is 11.8 Å². The molecule has 0 unspecified atom stereocenters. The SMILES string of the molecule is CCCC(=O)N1CCN(C(=O)c2cc3c(cc2C)OCCO3)CC1. The number of aryl methyl sites for hydroxylation is 1. The second-order valence-corrected chi connectivity index (χ2v) is 6.23. The predicted octanol–water partition coefficient (Wildman–Crippen LogP) is 1.85. The van der Waals surface area contributed by atoms with Crippen LogP contribution >= 0.6 is 0 Å². The van der Waals surface area contributed by atoms with E-state index in [0.717, 1.165) is 12.0 Å². The first kappa shape index (κ1) is 16.6. The smallest absolute Gasteiger partial charge is 0.254 e. The Labute approximate surface area is 142 Å². The lowest BCUT2D eigenvalue weighted by molar-refractivity contribution is -0.132. The summed E-state index contributed by atoms with van der Waals surface area (Å²) in [6.07, 6.45) is 1.43. The molecular formula is C18H24N2O4. The molecule has 3 rings (SSSR count). The number of fused-ring (bicyclic) bond motifs is 1. The van der Waals surface area contributed by atoms with Crippen molar-refractivity contribution in [2.24, 2.45) is 0 Å². The minimum Gasteiger partial charge on any atom is -0.486 e. The number of nitrogens with zero attached hydrogens (tertiary/aromatic N) is 2. The third-order valence-corrected chi connectivity index (χ3v) is 4.50. The number of hydrogen-bond acceptors (Lipinski definition) is 4. The fourth-order valence-corrected chi connectivity index (χ4v) is 3.12. The molecule has 0 saturated carbocycles. The molecule has 0 aliphatic carbocycles. The van der Waals surface area contributed by atoms with Gasteiger partial charge in [-0.3, -0.25) is 9.59 Å². The highest BCUT2D eigenvalue weighted by Crippen LogP contribution is 2.33. The van der Waals surface area contributed by atoms with Crippen LogP contribution in [0.15, 0.2) is 12.1 Å². The average Bonchev–Trinajstić information content (AvgIpc) is 2.61. The summed E-state index contributed by atoms with van der Waals surface area (Å²) in [5.74, 6) is 1.50. The van der Waals surface area contributed by atoms with Gasteiger partial charge in [-0.15, -0.1) is 0 Å². The number of amides is 2. The molecule has 1 aromatic rings. The van der Waals surface area contributed by atoms with Gasteiger partial charge in [0.1, 0.15) is 13.2 Å². The van der Waals surface area contributed by atoms with Crippen LogP contribution in [-0.2, 0) is 4.79 Å². The summed E-state index contributed by atoms with van der Waals surface area (Å²) >= 11 is 0. The summed E-state index contributed by atoms with van der Waals surface area (Å²) in [6.45, 7) is 7.30. The monoisotopic (exact) mass is 332 g/mol. The van der Waals surface area contributed by atoms with Gasteiger partial charge >= 0.3 is 0 Å². The molecule has 1 aromatic carbocycles. The average molecular weight is 332 g/mol. The Hall–Kier alpha value is -2.24. The predicted molar refractivity (Wildman–Crippen MR) is 89.6 cm³/mol. The van der Waals surface area contributed by atoms with Crippen LogP contribution in [0.1, 0.15) is 35.7 Å². The van der Waals surface area contributed by atoms with Crippen molar-refractivity contribution in [3.63, 3.8) is 0 Å².